The minimum Gasteiger partial charge on any atom is -0.344 e. The highest BCUT2D eigenvalue weighted by Crippen LogP contribution is 2.70. The van der Waals surface area contributed by atoms with Crippen molar-refractivity contribution in [2.45, 2.75) is 24.5 Å². The molecule has 2 amide bonds. The molecular weight excluding hydrogens is 448 g/mol. The van der Waals surface area contributed by atoms with Crippen LogP contribution in [0.5, 0.6) is 0 Å². The number of carbonyl (C=O) groups is 2. The zero-order chi connectivity index (χ0) is 22.4. The lowest BCUT2D eigenvalue weighted by Gasteiger charge is -2.43. The van der Waals surface area contributed by atoms with Crippen molar-refractivity contribution in [2.75, 3.05) is 4.90 Å². The summed E-state index contributed by atoms with van der Waals surface area (Å²) in [5, 5.41) is 6.01. The third-order valence-electron chi connectivity index (χ3n) is 8.24. The van der Waals surface area contributed by atoms with Gasteiger partial charge >= 0.3 is 0 Å². The van der Waals surface area contributed by atoms with Gasteiger partial charge in [0.05, 0.1) is 27.6 Å². The average Bonchev–Trinajstić information content (AvgIpc) is 3.54. The van der Waals surface area contributed by atoms with Gasteiger partial charge in [-0.25, -0.2) is 0 Å². The number of aryl methyl sites for hydroxylation is 1. The maximum Gasteiger partial charge on any atom is 0.238 e. The number of allylic oxidation sites excluding steroid dienone is 1. The number of anilines is 1. The highest BCUT2D eigenvalue weighted by molar-refractivity contribution is 8.10. The topological polar surface area (TPSA) is 49.4 Å². The van der Waals surface area contributed by atoms with Crippen LogP contribution < -0.4 is 10.2 Å². The summed E-state index contributed by atoms with van der Waals surface area (Å²) in [6.45, 7) is 6.19. The lowest BCUT2D eigenvalue weighted by Crippen LogP contribution is -2.43. The molecule has 0 spiro atoms. The quantitative estimate of drug-likeness (QED) is 0.606. The van der Waals surface area contributed by atoms with Gasteiger partial charge in [-0.05, 0) is 48.8 Å². The summed E-state index contributed by atoms with van der Waals surface area (Å²) in [6.07, 6.45) is 0.979. The Morgan fingerprint density at radius 3 is 2.39 bits per heavy atom. The standard InChI is InChI=1S/C27H24N2O2S2/c1-13-8-10-16(11-9-13)29-26(30)21-17-12-18(22(21)27(29)31)23-20(17)19(15-6-4-3-5-7-15)24-25(33-23)28-14(2)32-24/h3-11,17-23,28H,2,12H2,1H3. The number of rotatable bonds is 2. The SMILES string of the molecule is C=C1NC2=C(S1)C(c1ccccc1)C1C3CC(C1S2)C1C(=O)N(c2ccc(C)cc2)C(=O)C31. The zero-order valence-electron chi connectivity index (χ0n) is 18.2. The van der Waals surface area contributed by atoms with Gasteiger partial charge in [-0.3, -0.25) is 14.5 Å². The summed E-state index contributed by atoms with van der Waals surface area (Å²) in [7, 11) is 0. The molecule has 4 nitrogen and oxygen atoms in total. The third kappa shape index (κ3) is 2.68. The van der Waals surface area contributed by atoms with E-state index in [0.717, 1.165) is 17.0 Å². The van der Waals surface area contributed by atoms with Crippen LogP contribution in [0.3, 0.4) is 0 Å². The highest BCUT2D eigenvalue weighted by atomic mass is 32.2. The largest absolute Gasteiger partial charge is 0.344 e. The molecule has 2 saturated carbocycles. The van der Waals surface area contributed by atoms with Gasteiger partial charge < -0.3 is 5.32 Å². The first-order valence-corrected chi connectivity index (χ1v) is 13.3. The summed E-state index contributed by atoms with van der Waals surface area (Å²) < 4.78 is 0. The molecule has 3 aliphatic heterocycles. The normalized spacial score (nSPS) is 36.2. The number of nitrogens with zero attached hydrogens (tertiary/aromatic N) is 1. The number of thioether (sulfide) groups is 2. The maximum atomic E-state index is 13.7. The fraction of sp³-hybridized carbons (Fsp3) is 0.333. The van der Waals surface area contributed by atoms with Crippen molar-refractivity contribution in [3.63, 3.8) is 0 Å². The summed E-state index contributed by atoms with van der Waals surface area (Å²) in [6, 6.07) is 18.5. The van der Waals surface area contributed by atoms with Gasteiger partial charge in [0, 0.05) is 16.1 Å². The van der Waals surface area contributed by atoms with E-state index in [0.29, 0.717) is 16.9 Å². The molecule has 1 N–H and O–H groups in total. The van der Waals surface area contributed by atoms with Gasteiger partial charge in [0.2, 0.25) is 11.8 Å². The summed E-state index contributed by atoms with van der Waals surface area (Å²) in [5.74, 6) is 0.720. The predicted octanol–water partition coefficient (Wildman–Crippen LogP) is 5.24. The Morgan fingerprint density at radius 2 is 1.67 bits per heavy atom. The van der Waals surface area contributed by atoms with E-state index in [-0.39, 0.29) is 41.4 Å². The molecule has 7 atom stereocenters. The van der Waals surface area contributed by atoms with Crippen LogP contribution in [0.2, 0.25) is 0 Å². The molecule has 166 valence electrons. The van der Waals surface area contributed by atoms with E-state index in [1.807, 2.05) is 43.0 Å². The van der Waals surface area contributed by atoms with Gasteiger partial charge in [-0.1, -0.05) is 66.4 Å². The van der Waals surface area contributed by atoms with E-state index in [9.17, 15) is 9.59 Å². The van der Waals surface area contributed by atoms with Gasteiger partial charge in [0.25, 0.3) is 0 Å². The van der Waals surface area contributed by atoms with Crippen LogP contribution in [0.25, 0.3) is 0 Å². The van der Waals surface area contributed by atoms with Crippen LogP contribution in [-0.4, -0.2) is 17.1 Å². The Morgan fingerprint density at radius 1 is 0.970 bits per heavy atom. The number of hydrogen-bond donors (Lipinski definition) is 1. The number of carbonyl (C=O) groups excluding carboxylic acids is 2. The minimum atomic E-state index is -0.193. The van der Waals surface area contributed by atoms with Crippen molar-refractivity contribution in [2.24, 2.45) is 29.6 Å². The number of imide groups is 1. The van der Waals surface area contributed by atoms with Crippen molar-refractivity contribution in [3.05, 3.63) is 87.3 Å². The molecule has 33 heavy (non-hydrogen) atoms. The van der Waals surface area contributed by atoms with E-state index in [2.05, 4.69) is 42.2 Å². The van der Waals surface area contributed by atoms with Gasteiger partial charge in [0.15, 0.2) is 0 Å². The first-order valence-electron chi connectivity index (χ1n) is 11.6. The predicted molar refractivity (Wildman–Crippen MR) is 133 cm³/mol. The summed E-state index contributed by atoms with van der Waals surface area (Å²) in [5.41, 5.74) is 3.15. The second-order valence-corrected chi connectivity index (χ2v) is 12.2. The molecule has 6 heteroatoms. The monoisotopic (exact) mass is 472 g/mol. The number of fused-ring (bicyclic) bond motifs is 8. The van der Waals surface area contributed by atoms with E-state index in [4.69, 9.17) is 0 Å². The van der Waals surface area contributed by atoms with Gasteiger partial charge in [-0.2, -0.15) is 0 Å². The lowest BCUT2D eigenvalue weighted by atomic mass is 9.68. The van der Waals surface area contributed by atoms with Crippen LogP contribution in [0.1, 0.15) is 23.5 Å². The molecule has 5 aliphatic rings. The van der Waals surface area contributed by atoms with Gasteiger partial charge in [-0.15, -0.1) is 11.8 Å². The van der Waals surface area contributed by atoms with E-state index < -0.39 is 0 Å². The van der Waals surface area contributed by atoms with E-state index in [1.165, 1.54) is 20.4 Å². The van der Waals surface area contributed by atoms with Crippen molar-refractivity contribution in [3.8, 4) is 0 Å². The van der Waals surface area contributed by atoms with Crippen molar-refractivity contribution < 1.29 is 9.59 Å². The first-order chi connectivity index (χ1) is 16.0. The highest BCUT2D eigenvalue weighted by Gasteiger charge is 2.69. The van der Waals surface area contributed by atoms with E-state index >= 15 is 0 Å². The summed E-state index contributed by atoms with van der Waals surface area (Å²) in [4.78, 5) is 30.2. The number of hydrogen-bond acceptors (Lipinski definition) is 5. The van der Waals surface area contributed by atoms with Crippen LogP contribution in [-0.2, 0) is 9.59 Å². The molecular formula is C27H24N2O2S2. The number of benzene rings is 2. The van der Waals surface area contributed by atoms with Crippen LogP contribution in [0.15, 0.2) is 76.1 Å². The molecule has 1 saturated heterocycles. The van der Waals surface area contributed by atoms with E-state index in [1.54, 1.807) is 11.8 Å². The fourth-order valence-electron chi connectivity index (χ4n) is 7.07. The van der Waals surface area contributed by atoms with Crippen molar-refractivity contribution >= 4 is 41.0 Å². The molecule has 7 unspecified atom stereocenters. The minimum absolute atomic E-state index is 0.00889. The third-order valence-corrected chi connectivity index (χ3v) is 10.9. The van der Waals surface area contributed by atoms with Crippen LogP contribution in [0, 0.1) is 36.5 Å². The molecule has 2 bridgehead atoms. The van der Waals surface area contributed by atoms with Crippen molar-refractivity contribution in [1.29, 1.82) is 0 Å². The smallest absolute Gasteiger partial charge is 0.238 e. The second-order valence-electron chi connectivity index (χ2n) is 9.85. The van der Waals surface area contributed by atoms with Crippen LogP contribution in [0.4, 0.5) is 5.69 Å². The Bertz CT molecular complexity index is 1240. The Kier molecular flexibility index (Phi) is 4.26. The molecule has 0 aromatic heterocycles. The van der Waals surface area contributed by atoms with Crippen molar-refractivity contribution in [1.82, 2.24) is 5.32 Å². The molecule has 3 heterocycles. The number of nitrogens with one attached hydrogen (secondary N) is 1. The van der Waals surface area contributed by atoms with Crippen LogP contribution >= 0.6 is 23.5 Å². The molecule has 0 radical (unpaired) electrons. The Labute approximate surface area is 201 Å². The summed E-state index contributed by atoms with van der Waals surface area (Å²) >= 11 is 3.64. The maximum absolute atomic E-state index is 13.7. The Hall–Kier alpha value is -2.44. The lowest BCUT2D eigenvalue weighted by molar-refractivity contribution is -0.123. The molecule has 3 fully saturated rings. The fourth-order valence-corrected chi connectivity index (χ4v) is 10.1. The zero-order valence-corrected chi connectivity index (χ0v) is 19.9. The van der Waals surface area contributed by atoms with Gasteiger partial charge in [0.1, 0.15) is 0 Å². The first kappa shape index (κ1) is 20.0. The molecule has 2 aromatic carbocycles. The second kappa shape index (κ2) is 7.03. The molecule has 2 aromatic rings. The molecule has 2 aliphatic carbocycles. The number of amides is 2. The Balaban J connectivity index is 1.30. The molecule has 7 rings (SSSR count). The average molecular weight is 473 g/mol.